The molecule has 0 saturated carbocycles. The summed E-state index contributed by atoms with van der Waals surface area (Å²) in [5.74, 6) is -0.951. The normalized spacial score (nSPS) is 11.4. The zero-order chi connectivity index (χ0) is 11.7. The first-order valence-corrected chi connectivity index (χ1v) is 5.67. The van der Waals surface area contributed by atoms with E-state index in [-0.39, 0.29) is 0 Å². The Balaban J connectivity index is 2.55. The van der Waals surface area contributed by atoms with Crippen molar-refractivity contribution in [2.75, 3.05) is 0 Å². The van der Waals surface area contributed by atoms with Gasteiger partial charge in [-0.2, -0.15) is 0 Å². The van der Waals surface area contributed by atoms with Gasteiger partial charge in [-0.1, -0.05) is 12.1 Å². The van der Waals surface area contributed by atoms with Gasteiger partial charge in [-0.3, -0.25) is 0 Å². The van der Waals surface area contributed by atoms with E-state index in [4.69, 9.17) is 5.11 Å². The summed E-state index contributed by atoms with van der Waals surface area (Å²) in [6.45, 7) is 4.04. The van der Waals surface area contributed by atoms with Crippen LogP contribution in [0.4, 0.5) is 0 Å². The topological polar surface area (TPSA) is 50.2 Å². The summed E-state index contributed by atoms with van der Waals surface area (Å²) < 4.78 is 1.13. The van der Waals surface area contributed by atoms with Gasteiger partial charge in [0, 0.05) is 6.08 Å². The fourth-order valence-corrected chi connectivity index (χ4v) is 2.50. The molecular formula is C12H11NO2S. The summed E-state index contributed by atoms with van der Waals surface area (Å²) in [7, 11) is 0. The number of hydrogen-bond acceptors (Lipinski definition) is 3. The molecule has 1 N–H and O–H groups in total. The van der Waals surface area contributed by atoms with Crippen LogP contribution in [-0.4, -0.2) is 16.1 Å². The Kier molecular flexibility index (Phi) is 2.75. The predicted molar refractivity (Wildman–Crippen MR) is 65.8 cm³/mol. The zero-order valence-electron chi connectivity index (χ0n) is 9.02. The fraction of sp³-hybridized carbons (Fsp3) is 0.167. The molecule has 1 heterocycles. The number of rotatable bonds is 2. The monoisotopic (exact) mass is 233 g/mol. The highest BCUT2D eigenvalue weighted by molar-refractivity contribution is 7.19. The highest BCUT2D eigenvalue weighted by Crippen LogP contribution is 2.28. The summed E-state index contributed by atoms with van der Waals surface area (Å²) in [5, 5.41) is 9.28. The van der Waals surface area contributed by atoms with Crippen molar-refractivity contribution in [3.05, 3.63) is 34.3 Å². The van der Waals surface area contributed by atoms with Gasteiger partial charge in [0.05, 0.1) is 10.2 Å². The molecule has 2 aromatic rings. The Bertz CT molecular complexity index is 545. The van der Waals surface area contributed by atoms with Crippen molar-refractivity contribution in [1.82, 2.24) is 4.98 Å². The largest absolute Gasteiger partial charge is 0.478 e. The van der Waals surface area contributed by atoms with Gasteiger partial charge in [0.15, 0.2) is 0 Å². The minimum atomic E-state index is -0.951. The highest BCUT2D eigenvalue weighted by atomic mass is 32.1. The fourth-order valence-electron chi connectivity index (χ4n) is 1.49. The first kappa shape index (κ1) is 10.8. The standard InChI is InChI=1S/C12H11NO2S/c1-7-3-4-8(2)12-11(7)13-9(16-12)5-6-10(14)15/h3-6H,1-2H3,(H,14,15)/b6-5+. The lowest BCUT2D eigenvalue weighted by atomic mass is 10.1. The van der Waals surface area contributed by atoms with Gasteiger partial charge in [0.2, 0.25) is 0 Å². The molecule has 3 nitrogen and oxygen atoms in total. The Morgan fingerprint density at radius 3 is 2.69 bits per heavy atom. The highest BCUT2D eigenvalue weighted by Gasteiger charge is 2.06. The van der Waals surface area contributed by atoms with E-state index in [9.17, 15) is 4.79 Å². The molecular weight excluding hydrogens is 222 g/mol. The number of hydrogen-bond donors (Lipinski definition) is 1. The molecule has 4 heteroatoms. The van der Waals surface area contributed by atoms with E-state index in [0.717, 1.165) is 26.9 Å². The number of benzene rings is 1. The number of aryl methyl sites for hydroxylation is 2. The summed E-state index contributed by atoms with van der Waals surface area (Å²) in [5.41, 5.74) is 3.26. The molecule has 0 aliphatic carbocycles. The van der Waals surface area contributed by atoms with E-state index in [2.05, 4.69) is 11.1 Å². The van der Waals surface area contributed by atoms with E-state index in [1.54, 1.807) is 0 Å². The first-order valence-electron chi connectivity index (χ1n) is 4.85. The molecule has 1 aromatic heterocycles. The average Bonchev–Trinajstić information content (AvgIpc) is 2.66. The Labute approximate surface area is 97.1 Å². The second-order valence-electron chi connectivity index (χ2n) is 3.60. The van der Waals surface area contributed by atoms with Crippen LogP contribution in [0.25, 0.3) is 16.3 Å². The lowest BCUT2D eigenvalue weighted by Gasteiger charge is -1.96. The van der Waals surface area contributed by atoms with E-state index >= 15 is 0 Å². The Hall–Kier alpha value is -1.68. The third-order valence-electron chi connectivity index (χ3n) is 2.33. The Morgan fingerprint density at radius 1 is 1.38 bits per heavy atom. The maximum atomic E-state index is 10.4. The summed E-state index contributed by atoms with van der Waals surface area (Å²) in [4.78, 5) is 14.8. The van der Waals surface area contributed by atoms with E-state index in [0.29, 0.717) is 0 Å². The number of carboxylic acids is 1. The molecule has 1 aromatic carbocycles. The van der Waals surface area contributed by atoms with Crippen LogP contribution in [-0.2, 0) is 4.79 Å². The van der Waals surface area contributed by atoms with Crippen LogP contribution in [0.3, 0.4) is 0 Å². The molecule has 0 bridgehead atoms. The molecule has 0 aliphatic heterocycles. The van der Waals surface area contributed by atoms with Gasteiger partial charge in [0.25, 0.3) is 0 Å². The summed E-state index contributed by atoms with van der Waals surface area (Å²) in [6, 6.07) is 4.09. The zero-order valence-corrected chi connectivity index (χ0v) is 9.84. The molecule has 82 valence electrons. The van der Waals surface area contributed by atoms with Crippen LogP contribution in [0.5, 0.6) is 0 Å². The van der Waals surface area contributed by atoms with Gasteiger partial charge in [0.1, 0.15) is 5.01 Å². The van der Waals surface area contributed by atoms with Crippen molar-refractivity contribution < 1.29 is 9.90 Å². The lowest BCUT2D eigenvalue weighted by molar-refractivity contribution is -0.131. The number of aromatic nitrogens is 1. The van der Waals surface area contributed by atoms with Crippen LogP contribution in [0.15, 0.2) is 18.2 Å². The third kappa shape index (κ3) is 1.97. The molecule has 0 amide bonds. The van der Waals surface area contributed by atoms with Crippen molar-refractivity contribution in [1.29, 1.82) is 0 Å². The average molecular weight is 233 g/mol. The lowest BCUT2D eigenvalue weighted by Crippen LogP contribution is -1.85. The predicted octanol–water partition coefficient (Wildman–Crippen LogP) is 3.01. The first-order chi connectivity index (χ1) is 7.58. The third-order valence-corrected chi connectivity index (χ3v) is 3.48. The van der Waals surface area contributed by atoms with Gasteiger partial charge in [-0.05, 0) is 31.1 Å². The molecule has 0 spiro atoms. The van der Waals surface area contributed by atoms with Crippen molar-refractivity contribution >= 4 is 33.6 Å². The van der Waals surface area contributed by atoms with Gasteiger partial charge < -0.3 is 5.11 Å². The van der Waals surface area contributed by atoms with Crippen molar-refractivity contribution in [2.24, 2.45) is 0 Å². The molecule has 2 rings (SSSR count). The number of carboxylic acid groups (broad SMARTS) is 1. The van der Waals surface area contributed by atoms with Crippen LogP contribution in [0.2, 0.25) is 0 Å². The number of aliphatic carboxylic acids is 1. The van der Waals surface area contributed by atoms with Crippen molar-refractivity contribution in [3.8, 4) is 0 Å². The van der Waals surface area contributed by atoms with E-state index in [1.165, 1.54) is 23.0 Å². The van der Waals surface area contributed by atoms with E-state index in [1.807, 2.05) is 19.9 Å². The minimum Gasteiger partial charge on any atom is -0.478 e. The SMILES string of the molecule is Cc1ccc(C)c2sc(/C=C/C(=O)O)nc12. The number of nitrogens with zero attached hydrogens (tertiary/aromatic N) is 1. The molecule has 0 unspecified atom stereocenters. The summed E-state index contributed by atoms with van der Waals surface area (Å²) in [6.07, 6.45) is 2.65. The van der Waals surface area contributed by atoms with Gasteiger partial charge >= 0.3 is 5.97 Å². The van der Waals surface area contributed by atoms with Gasteiger partial charge in [-0.15, -0.1) is 11.3 Å². The molecule has 0 fully saturated rings. The van der Waals surface area contributed by atoms with Gasteiger partial charge in [-0.25, -0.2) is 9.78 Å². The van der Waals surface area contributed by atoms with Crippen LogP contribution >= 0.6 is 11.3 Å². The second-order valence-corrected chi connectivity index (χ2v) is 4.63. The maximum Gasteiger partial charge on any atom is 0.328 e. The summed E-state index contributed by atoms with van der Waals surface area (Å²) >= 11 is 1.52. The van der Waals surface area contributed by atoms with Crippen molar-refractivity contribution in [3.63, 3.8) is 0 Å². The van der Waals surface area contributed by atoms with Crippen LogP contribution in [0.1, 0.15) is 16.1 Å². The number of carbonyl (C=O) groups is 1. The molecule has 0 atom stereocenters. The molecule has 0 saturated heterocycles. The smallest absolute Gasteiger partial charge is 0.328 e. The van der Waals surface area contributed by atoms with Crippen molar-refractivity contribution in [2.45, 2.75) is 13.8 Å². The number of thiazole rings is 1. The Morgan fingerprint density at radius 2 is 2.06 bits per heavy atom. The number of fused-ring (bicyclic) bond motifs is 1. The molecule has 0 radical (unpaired) electrons. The maximum absolute atomic E-state index is 10.4. The second kappa shape index (κ2) is 4.06. The quantitative estimate of drug-likeness (QED) is 0.811. The van der Waals surface area contributed by atoms with Crippen LogP contribution < -0.4 is 0 Å². The molecule has 0 aliphatic rings. The minimum absolute atomic E-state index is 0.731. The molecule has 16 heavy (non-hydrogen) atoms. The van der Waals surface area contributed by atoms with Crippen LogP contribution in [0, 0.1) is 13.8 Å². The van der Waals surface area contributed by atoms with E-state index < -0.39 is 5.97 Å².